The Morgan fingerprint density at radius 1 is 1.09 bits per heavy atom. The molecule has 0 aliphatic carbocycles. The lowest BCUT2D eigenvalue weighted by Gasteiger charge is -2.33. The maximum Gasteiger partial charge on any atom is 0.261 e. The molecule has 2 fully saturated rings. The highest BCUT2D eigenvalue weighted by Gasteiger charge is 2.21. The number of hydrogen-bond acceptors (Lipinski definition) is 11. The minimum atomic E-state index is -0.327. The number of aromatic nitrogens is 7. The van der Waals surface area contributed by atoms with E-state index in [2.05, 4.69) is 42.5 Å². The van der Waals surface area contributed by atoms with Crippen LogP contribution in [0.4, 0.5) is 21.7 Å². The van der Waals surface area contributed by atoms with Crippen molar-refractivity contribution in [2.24, 2.45) is 7.05 Å². The molecular formula is C32H35ClFN11O2. The molecule has 1 aromatic carbocycles. The Labute approximate surface area is 275 Å². The summed E-state index contributed by atoms with van der Waals surface area (Å²) in [5.74, 6) is 0.525. The average molecular weight is 660 g/mol. The number of ether oxygens (including phenoxy) is 1. The lowest BCUT2D eigenvalue weighted by atomic mass is 10.1. The minimum absolute atomic E-state index is 0.247. The van der Waals surface area contributed by atoms with E-state index in [0.717, 1.165) is 32.7 Å². The zero-order valence-corrected chi connectivity index (χ0v) is 26.9. The van der Waals surface area contributed by atoms with Crippen LogP contribution in [0.5, 0.6) is 0 Å². The van der Waals surface area contributed by atoms with Gasteiger partial charge < -0.3 is 20.3 Å². The van der Waals surface area contributed by atoms with Crippen LogP contribution in [0.2, 0.25) is 5.02 Å². The molecule has 0 bridgehead atoms. The topological polar surface area (TPSA) is 131 Å². The van der Waals surface area contributed by atoms with Gasteiger partial charge in [-0.3, -0.25) is 19.2 Å². The highest BCUT2D eigenvalue weighted by molar-refractivity contribution is 6.33. The van der Waals surface area contributed by atoms with Gasteiger partial charge in [-0.1, -0.05) is 11.6 Å². The van der Waals surface area contributed by atoms with Gasteiger partial charge in [0.15, 0.2) is 5.82 Å². The van der Waals surface area contributed by atoms with E-state index >= 15 is 4.39 Å². The van der Waals surface area contributed by atoms with Crippen LogP contribution in [0.1, 0.15) is 6.92 Å². The number of aryl methyl sites for hydroxylation is 1. The quantitative estimate of drug-likeness (QED) is 0.254. The predicted molar refractivity (Wildman–Crippen MR) is 179 cm³/mol. The molecule has 7 rings (SSSR count). The van der Waals surface area contributed by atoms with E-state index in [0.29, 0.717) is 76.4 Å². The summed E-state index contributed by atoms with van der Waals surface area (Å²) in [6.45, 7) is 8.20. The van der Waals surface area contributed by atoms with Crippen LogP contribution in [-0.2, 0) is 18.3 Å². The van der Waals surface area contributed by atoms with E-state index in [1.54, 1.807) is 46.9 Å². The van der Waals surface area contributed by atoms with Crippen LogP contribution in [-0.4, -0.2) is 97.7 Å². The Morgan fingerprint density at radius 2 is 1.94 bits per heavy atom. The van der Waals surface area contributed by atoms with Gasteiger partial charge in [0, 0.05) is 87.9 Å². The van der Waals surface area contributed by atoms with Crippen LogP contribution < -0.4 is 21.1 Å². The smallest absolute Gasteiger partial charge is 0.261 e. The lowest BCUT2D eigenvalue weighted by Crippen LogP contribution is -2.49. The number of fused-ring (bicyclic) bond motifs is 1. The Morgan fingerprint density at radius 3 is 2.68 bits per heavy atom. The molecule has 15 heteroatoms. The predicted octanol–water partition coefficient (Wildman–Crippen LogP) is 3.32. The second-order valence-electron chi connectivity index (χ2n) is 11.8. The SMILES string of the molecule is CC1CN(c2ccc(Nc3ncc4cc(-c5ncc(-c6ncnn6C)cc5Cl)c(=O)n(CCN5CCOCC5)c4n3)cc2F)CCN1. The van der Waals surface area contributed by atoms with Gasteiger partial charge in [-0.2, -0.15) is 10.1 Å². The molecular weight excluding hydrogens is 625 g/mol. The molecule has 0 radical (unpaired) electrons. The van der Waals surface area contributed by atoms with Crippen molar-refractivity contribution in [3.05, 3.63) is 70.2 Å². The molecule has 2 aliphatic rings. The first-order chi connectivity index (χ1) is 22.8. The second-order valence-corrected chi connectivity index (χ2v) is 12.2. The molecule has 6 heterocycles. The summed E-state index contributed by atoms with van der Waals surface area (Å²) >= 11 is 6.74. The van der Waals surface area contributed by atoms with Crippen molar-refractivity contribution in [3.63, 3.8) is 0 Å². The van der Waals surface area contributed by atoms with Gasteiger partial charge in [0.25, 0.3) is 5.56 Å². The Kier molecular flexibility index (Phi) is 8.82. The number of hydrogen-bond donors (Lipinski definition) is 2. The molecule has 13 nitrogen and oxygen atoms in total. The monoisotopic (exact) mass is 659 g/mol. The molecule has 47 heavy (non-hydrogen) atoms. The number of halogens is 2. The standard InChI is InChI=1S/C32H35ClFN11O2/c1-20-18-44(6-5-35-20)27-4-3-23(15-26(27)34)40-32-37-17-21-13-24(28-25(33)14-22(16-36-28)29-38-19-39-42(29)2)31(46)45(30(21)41-32)8-7-43-9-11-47-12-10-43/h3-4,13-17,19-20,35H,5-12,18H2,1-2H3,(H,37,40,41). The minimum Gasteiger partial charge on any atom is -0.379 e. The zero-order valence-electron chi connectivity index (χ0n) is 26.2. The highest BCUT2D eigenvalue weighted by atomic mass is 35.5. The van der Waals surface area contributed by atoms with Crippen molar-refractivity contribution >= 4 is 40.0 Å². The summed E-state index contributed by atoms with van der Waals surface area (Å²) < 4.78 is 24.0. The van der Waals surface area contributed by atoms with Crippen molar-refractivity contribution < 1.29 is 9.13 Å². The fraction of sp³-hybridized carbons (Fsp3) is 0.375. The Balaban J connectivity index is 1.23. The fourth-order valence-electron chi connectivity index (χ4n) is 6.10. The number of pyridine rings is 2. The maximum atomic E-state index is 15.2. The van der Waals surface area contributed by atoms with Crippen LogP contribution >= 0.6 is 11.6 Å². The molecule has 0 spiro atoms. The summed E-state index contributed by atoms with van der Waals surface area (Å²) in [6.07, 6.45) is 4.73. The third-order valence-corrected chi connectivity index (χ3v) is 8.84. The molecule has 2 N–H and O–H groups in total. The molecule has 0 saturated carbocycles. The van der Waals surface area contributed by atoms with E-state index < -0.39 is 0 Å². The number of nitrogens with one attached hydrogen (secondary N) is 2. The van der Waals surface area contributed by atoms with Crippen LogP contribution in [0, 0.1) is 5.82 Å². The van der Waals surface area contributed by atoms with Crippen molar-refractivity contribution in [2.45, 2.75) is 19.5 Å². The van der Waals surface area contributed by atoms with Gasteiger partial charge in [0.05, 0.1) is 35.2 Å². The molecule has 1 atom stereocenters. The summed E-state index contributed by atoms with van der Waals surface area (Å²) in [5.41, 5.74) is 2.59. The molecule has 244 valence electrons. The van der Waals surface area contributed by atoms with E-state index in [-0.39, 0.29) is 23.4 Å². The van der Waals surface area contributed by atoms with Crippen molar-refractivity contribution in [2.75, 3.05) is 62.7 Å². The van der Waals surface area contributed by atoms with E-state index in [4.69, 9.17) is 21.3 Å². The maximum absolute atomic E-state index is 15.2. The van der Waals surface area contributed by atoms with E-state index in [1.165, 1.54) is 12.4 Å². The van der Waals surface area contributed by atoms with Crippen molar-refractivity contribution in [1.82, 2.24) is 44.5 Å². The average Bonchev–Trinajstić information content (AvgIpc) is 3.50. The highest BCUT2D eigenvalue weighted by Crippen LogP contribution is 2.30. The molecule has 5 aromatic rings. The third-order valence-electron chi connectivity index (χ3n) is 8.55. The summed E-state index contributed by atoms with van der Waals surface area (Å²) in [5, 5.41) is 11.6. The van der Waals surface area contributed by atoms with Gasteiger partial charge in [-0.15, -0.1) is 0 Å². The van der Waals surface area contributed by atoms with Gasteiger partial charge in [0.2, 0.25) is 5.95 Å². The van der Waals surface area contributed by atoms with Gasteiger partial charge in [-0.25, -0.2) is 19.0 Å². The number of morpholine rings is 1. The first kappa shape index (κ1) is 31.1. The first-order valence-electron chi connectivity index (χ1n) is 15.6. The largest absolute Gasteiger partial charge is 0.379 e. The van der Waals surface area contributed by atoms with E-state index in [1.807, 2.05) is 11.0 Å². The van der Waals surface area contributed by atoms with Crippen LogP contribution in [0.25, 0.3) is 33.7 Å². The number of piperazine rings is 1. The Bertz CT molecular complexity index is 1980. The number of nitrogens with zero attached hydrogens (tertiary/aromatic N) is 9. The Hall–Kier alpha value is -4.50. The number of rotatable bonds is 8. The zero-order chi connectivity index (χ0) is 32.5. The van der Waals surface area contributed by atoms with Gasteiger partial charge in [-0.05, 0) is 37.3 Å². The lowest BCUT2D eigenvalue weighted by molar-refractivity contribution is 0.0364. The second kappa shape index (κ2) is 13.3. The van der Waals surface area contributed by atoms with Crippen LogP contribution in [0.15, 0.2) is 53.8 Å². The number of anilines is 3. The summed E-state index contributed by atoms with van der Waals surface area (Å²) in [4.78, 5) is 36.6. The summed E-state index contributed by atoms with van der Waals surface area (Å²) in [6, 6.07) is 8.75. The third kappa shape index (κ3) is 6.54. The van der Waals surface area contributed by atoms with Crippen molar-refractivity contribution in [1.29, 1.82) is 0 Å². The fourth-order valence-corrected chi connectivity index (χ4v) is 6.37. The molecule has 0 amide bonds. The normalized spacial score (nSPS) is 17.4. The van der Waals surface area contributed by atoms with Gasteiger partial charge >= 0.3 is 0 Å². The molecule has 1 unspecified atom stereocenters. The van der Waals surface area contributed by atoms with Gasteiger partial charge in [0.1, 0.15) is 17.8 Å². The summed E-state index contributed by atoms with van der Waals surface area (Å²) in [7, 11) is 1.78. The van der Waals surface area contributed by atoms with Crippen LogP contribution in [0.3, 0.4) is 0 Å². The first-order valence-corrected chi connectivity index (χ1v) is 16.0. The molecule has 4 aromatic heterocycles. The van der Waals surface area contributed by atoms with E-state index in [9.17, 15) is 4.79 Å². The molecule has 2 saturated heterocycles. The molecule has 2 aliphatic heterocycles. The van der Waals surface area contributed by atoms with Crippen molar-refractivity contribution in [3.8, 4) is 22.6 Å². The number of benzene rings is 1.